The van der Waals surface area contributed by atoms with Crippen molar-refractivity contribution < 1.29 is 67.5 Å². The summed E-state index contributed by atoms with van der Waals surface area (Å²) in [5.74, 6) is -1.12. The van der Waals surface area contributed by atoms with E-state index in [1.807, 2.05) is 13.8 Å². The number of para-hydroxylation sites is 1. The van der Waals surface area contributed by atoms with Crippen molar-refractivity contribution in [2.45, 2.75) is 172 Å². The highest BCUT2D eigenvalue weighted by Crippen LogP contribution is 2.62. The van der Waals surface area contributed by atoms with Crippen molar-refractivity contribution >= 4 is 17.6 Å². The Morgan fingerprint density at radius 3 is 1.88 bits per heavy atom. The molecule has 11 rings (SSSR count). The number of aliphatic hydroxyl groups is 1. The summed E-state index contributed by atoms with van der Waals surface area (Å²) >= 11 is 0. The smallest absolute Gasteiger partial charge is 0.258 e. The number of carbonyl (C=O) groups excluding carboxylic acids is 3. The zero-order valence-electron chi connectivity index (χ0n) is 39.5. The molecule has 362 valence electrons. The van der Waals surface area contributed by atoms with Gasteiger partial charge in [-0.1, -0.05) is 33.8 Å². The van der Waals surface area contributed by atoms with Gasteiger partial charge < -0.3 is 43.7 Å². The Kier molecular flexibility index (Phi) is 13.2. The molecule has 1 aromatic rings. The van der Waals surface area contributed by atoms with E-state index in [9.17, 15) is 14.7 Å². The summed E-state index contributed by atoms with van der Waals surface area (Å²) in [5.41, 5.74) is -1.21. The first-order valence-electron chi connectivity index (χ1n) is 24.4. The van der Waals surface area contributed by atoms with Crippen molar-refractivity contribution in [2.75, 3.05) is 33.9 Å². The van der Waals surface area contributed by atoms with Gasteiger partial charge in [0.2, 0.25) is 17.5 Å². The van der Waals surface area contributed by atoms with Gasteiger partial charge in [0, 0.05) is 31.2 Å². The van der Waals surface area contributed by atoms with Gasteiger partial charge in [0.25, 0.3) is 5.91 Å². The van der Waals surface area contributed by atoms with Crippen molar-refractivity contribution in [2.24, 2.45) is 47.3 Å². The standard InChI is InChI=1S/C49H72N2O14/c1-27-14-16-35-29(3)38(58-44-48(35)33(27)20-22-46(5,60-44)62-64-48)13-10-24-51(43(55)32-11-9-12-40(56-7)41(32)57-8)37(42(54)50-25-31(53)26-52)18-19-39-30(4)36-17-15-28(2)34-21-23-47(6)61-45(59-39)49(34,36)65-63-47/h9,11-12,27-30,33-39,44-45,52H,10,13-26H2,1-8H3,(H,50,54)/t27-,28-,29-,30-,33?,34?,35?,36?,37?,38-,39-,44-,45-,46-,47-,48-,49-/m1/s1. The van der Waals surface area contributed by atoms with Gasteiger partial charge in [0.1, 0.15) is 12.6 Å². The molecule has 1 aromatic carbocycles. The summed E-state index contributed by atoms with van der Waals surface area (Å²) in [4.78, 5) is 68.7. The summed E-state index contributed by atoms with van der Waals surface area (Å²) in [7, 11) is 2.99. The maximum atomic E-state index is 15.2. The van der Waals surface area contributed by atoms with Gasteiger partial charge in [-0.25, -0.2) is 19.6 Å². The molecule has 8 aliphatic heterocycles. The number of amides is 2. The number of nitrogens with zero attached hydrogens (tertiary/aromatic N) is 1. The first kappa shape index (κ1) is 47.1. The monoisotopic (exact) mass is 912 g/mol. The summed E-state index contributed by atoms with van der Waals surface area (Å²) in [6.45, 7) is 11.9. The van der Waals surface area contributed by atoms with Gasteiger partial charge in [0.05, 0.1) is 38.5 Å². The van der Waals surface area contributed by atoms with E-state index in [0.29, 0.717) is 49.7 Å². The summed E-state index contributed by atoms with van der Waals surface area (Å²) in [6, 6.07) is 4.06. The molecule has 10 aliphatic rings. The third kappa shape index (κ3) is 8.01. The molecular weight excluding hydrogens is 841 g/mol. The number of Topliss-reactive ketones (excluding diaryl/α,β-unsaturated/α-hetero) is 1. The van der Waals surface area contributed by atoms with Crippen LogP contribution in [0.5, 0.6) is 11.5 Å². The van der Waals surface area contributed by atoms with E-state index in [1.54, 1.807) is 23.1 Å². The van der Waals surface area contributed by atoms with Crippen LogP contribution in [0.3, 0.4) is 0 Å². The van der Waals surface area contributed by atoms with Gasteiger partial charge in [0.15, 0.2) is 41.1 Å². The number of methoxy groups -OCH3 is 2. The molecule has 2 saturated carbocycles. The molecule has 5 unspecified atom stereocenters. The molecule has 16 nitrogen and oxygen atoms in total. The highest BCUT2D eigenvalue weighted by molar-refractivity contribution is 6.00. The SMILES string of the molecule is COc1cccc(C(=O)N(CCC[C@H]2O[C@@H]3O[C@@]4(C)CCC5[C@H](C)CCC([C@H]2C)[C@]53OO4)C(CC[C@H]2O[C@@H]3O[C@@]4(C)CCC5[C@H](C)CCC([C@H]2C)[C@]53OO4)C(=O)NCC(=O)CO)c1OC. The molecule has 2 N–H and O–H groups in total. The molecule has 0 radical (unpaired) electrons. The highest BCUT2D eigenvalue weighted by Gasteiger charge is 2.71. The number of ketones is 1. The molecule has 2 amide bonds. The Labute approximate surface area is 383 Å². The Bertz CT molecular complexity index is 1940. The molecule has 4 bridgehead atoms. The van der Waals surface area contributed by atoms with E-state index in [-0.39, 0.29) is 78.5 Å². The van der Waals surface area contributed by atoms with Crippen LogP contribution in [0.4, 0.5) is 0 Å². The van der Waals surface area contributed by atoms with Crippen LogP contribution in [-0.2, 0) is 48.1 Å². The highest BCUT2D eigenvalue weighted by atomic mass is 17.3. The molecule has 65 heavy (non-hydrogen) atoms. The molecule has 2 aliphatic carbocycles. The topological polar surface area (TPSA) is 179 Å². The number of aliphatic hydroxyl groups excluding tert-OH is 1. The van der Waals surface area contributed by atoms with Gasteiger partial charge in [-0.15, -0.1) is 0 Å². The lowest BCUT2D eigenvalue weighted by Gasteiger charge is -2.60. The fourth-order valence-corrected chi connectivity index (χ4v) is 13.8. The maximum absolute atomic E-state index is 15.2. The lowest BCUT2D eigenvalue weighted by atomic mass is 9.57. The lowest BCUT2D eigenvalue weighted by Crippen LogP contribution is -2.70. The van der Waals surface area contributed by atoms with Crippen LogP contribution in [0.2, 0.25) is 0 Å². The molecule has 2 spiro atoms. The first-order chi connectivity index (χ1) is 31.1. The first-order valence-corrected chi connectivity index (χ1v) is 24.4. The number of nitrogens with one attached hydrogen (secondary N) is 1. The molecule has 8 heterocycles. The quantitative estimate of drug-likeness (QED) is 0.189. The zero-order chi connectivity index (χ0) is 46.1. The minimum absolute atomic E-state index is 0.00641. The van der Waals surface area contributed by atoms with E-state index < -0.39 is 65.6 Å². The van der Waals surface area contributed by atoms with Crippen molar-refractivity contribution in [3.63, 3.8) is 0 Å². The summed E-state index contributed by atoms with van der Waals surface area (Å²) in [5, 5.41) is 12.4. The second-order valence-electron chi connectivity index (χ2n) is 21.1. The van der Waals surface area contributed by atoms with Gasteiger partial charge in [-0.05, 0) is 126 Å². The largest absolute Gasteiger partial charge is 0.493 e. The lowest BCUT2D eigenvalue weighted by molar-refractivity contribution is -0.571. The Morgan fingerprint density at radius 2 is 1.34 bits per heavy atom. The number of hydrogen-bond acceptors (Lipinski definition) is 14. The fourth-order valence-electron chi connectivity index (χ4n) is 13.8. The molecule has 17 atom stereocenters. The third-order valence-corrected chi connectivity index (χ3v) is 17.4. The van der Waals surface area contributed by atoms with Crippen molar-refractivity contribution in [1.82, 2.24) is 10.2 Å². The van der Waals surface area contributed by atoms with E-state index >= 15 is 4.79 Å². The molecule has 16 heteroatoms. The minimum atomic E-state index is -1.04. The van der Waals surface area contributed by atoms with E-state index in [1.165, 1.54) is 14.2 Å². The number of rotatable bonds is 15. The average molecular weight is 913 g/mol. The normalized spacial score (nSPS) is 43.0. The van der Waals surface area contributed by atoms with Crippen LogP contribution in [0.1, 0.15) is 129 Å². The second-order valence-corrected chi connectivity index (χ2v) is 21.1. The van der Waals surface area contributed by atoms with Crippen LogP contribution >= 0.6 is 0 Å². The number of benzene rings is 1. The van der Waals surface area contributed by atoms with Crippen molar-refractivity contribution in [3.8, 4) is 11.5 Å². The molecular formula is C49H72N2O14. The van der Waals surface area contributed by atoms with Crippen molar-refractivity contribution in [1.29, 1.82) is 0 Å². The van der Waals surface area contributed by atoms with E-state index in [4.69, 9.17) is 48.0 Å². The summed E-state index contributed by atoms with van der Waals surface area (Å²) in [6.07, 6.45) is 7.10. The Hall–Kier alpha value is -2.93. The second kappa shape index (κ2) is 18.2. The Morgan fingerprint density at radius 1 is 0.769 bits per heavy atom. The van der Waals surface area contributed by atoms with E-state index in [2.05, 4.69) is 33.0 Å². The van der Waals surface area contributed by atoms with Crippen LogP contribution in [0.25, 0.3) is 0 Å². The van der Waals surface area contributed by atoms with Crippen molar-refractivity contribution in [3.05, 3.63) is 23.8 Å². The number of carbonyl (C=O) groups is 3. The van der Waals surface area contributed by atoms with Crippen LogP contribution < -0.4 is 14.8 Å². The summed E-state index contributed by atoms with van der Waals surface area (Å²) < 4.78 is 38.6. The van der Waals surface area contributed by atoms with E-state index in [0.717, 1.165) is 38.5 Å². The van der Waals surface area contributed by atoms with Gasteiger partial charge >= 0.3 is 0 Å². The molecule has 0 aromatic heterocycles. The molecule has 10 fully saturated rings. The minimum Gasteiger partial charge on any atom is -0.493 e. The predicted octanol–water partition coefficient (Wildman–Crippen LogP) is 6.25. The number of hydrogen-bond donors (Lipinski definition) is 2. The molecule has 8 saturated heterocycles. The Balaban J connectivity index is 1.00. The van der Waals surface area contributed by atoms with Crippen LogP contribution in [-0.4, -0.2) is 115 Å². The maximum Gasteiger partial charge on any atom is 0.258 e. The van der Waals surface area contributed by atoms with Gasteiger partial charge in [-0.3, -0.25) is 14.4 Å². The predicted molar refractivity (Wildman–Crippen MR) is 232 cm³/mol. The number of fused-ring (bicyclic) bond motifs is 4. The average Bonchev–Trinajstić information content (AvgIpc) is 3.68. The number of ether oxygens (including phenoxy) is 6. The zero-order valence-corrected chi connectivity index (χ0v) is 39.5. The van der Waals surface area contributed by atoms with Gasteiger partial charge in [-0.2, -0.15) is 0 Å². The third-order valence-electron chi connectivity index (χ3n) is 17.4. The fraction of sp³-hybridized carbons (Fsp3) is 0.816. The van der Waals surface area contributed by atoms with Crippen LogP contribution in [0.15, 0.2) is 18.2 Å². The van der Waals surface area contributed by atoms with Crippen LogP contribution in [0, 0.1) is 47.3 Å².